The molecule has 3 rings (SSSR count). The van der Waals surface area contributed by atoms with Gasteiger partial charge in [-0.15, -0.1) is 0 Å². The number of rotatable bonds is 5. The van der Waals surface area contributed by atoms with Gasteiger partial charge in [0.05, 0.1) is 23.3 Å². The Morgan fingerprint density at radius 2 is 1.88 bits per heavy atom. The number of nitrogens with zero attached hydrogens (tertiary/aromatic N) is 6. The largest absolute Gasteiger partial charge is 0.363 e. The van der Waals surface area contributed by atoms with Gasteiger partial charge < -0.3 is 5.32 Å². The van der Waals surface area contributed by atoms with Gasteiger partial charge in [0.2, 0.25) is 0 Å². The summed E-state index contributed by atoms with van der Waals surface area (Å²) in [7, 11) is 1.91. The topological polar surface area (TPSA) is 73.5 Å². The predicted molar refractivity (Wildman–Crippen MR) is 99.8 cm³/mol. The van der Waals surface area contributed by atoms with Gasteiger partial charge in [-0.1, -0.05) is 13.8 Å². The molecule has 0 aromatic carbocycles. The third-order valence-electron chi connectivity index (χ3n) is 4.65. The lowest BCUT2D eigenvalue weighted by atomic mass is 10.1. The minimum atomic E-state index is 0.0959. The second-order valence-corrected chi connectivity index (χ2v) is 6.86. The molecule has 3 aromatic heterocycles. The van der Waals surface area contributed by atoms with Gasteiger partial charge in [0.15, 0.2) is 5.65 Å². The van der Waals surface area contributed by atoms with E-state index in [1.165, 1.54) is 11.3 Å². The van der Waals surface area contributed by atoms with Crippen LogP contribution in [-0.2, 0) is 13.6 Å². The maximum absolute atomic E-state index is 4.76. The fraction of sp³-hybridized carbons (Fsp3) is 0.556. The van der Waals surface area contributed by atoms with Gasteiger partial charge in [-0.05, 0) is 27.7 Å². The third-order valence-corrected chi connectivity index (χ3v) is 4.65. The van der Waals surface area contributed by atoms with Gasteiger partial charge in [-0.2, -0.15) is 10.2 Å². The summed E-state index contributed by atoms with van der Waals surface area (Å²) in [5.74, 6) is 1.90. The van der Waals surface area contributed by atoms with Crippen molar-refractivity contribution in [2.75, 3.05) is 5.32 Å². The molecule has 0 unspecified atom stereocenters. The first kappa shape index (κ1) is 17.4. The van der Waals surface area contributed by atoms with Crippen molar-refractivity contribution in [3.8, 4) is 0 Å². The molecule has 0 aliphatic carbocycles. The highest BCUT2D eigenvalue weighted by Crippen LogP contribution is 2.28. The Hall–Kier alpha value is -2.44. The van der Waals surface area contributed by atoms with Gasteiger partial charge in [0.25, 0.3) is 0 Å². The van der Waals surface area contributed by atoms with Crippen LogP contribution in [0.4, 0.5) is 5.82 Å². The fourth-order valence-electron chi connectivity index (χ4n) is 3.33. The first-order valence-electron chi connectivity index (χ1n) is 8.83. The molecule has 3 heterocycles. The highest BCUT2D eigenvalue weighted by Gasteiger charge is 2.20. The molecule has 0 aliphatic rings. The molecule has 0 spiro atoms. The van der Waals surface area contributed by atoms with Crippen LogP contribution in [0.15, 0.2) is 6.20 Å². The Morgan fingerprint density at radius 1 is 1.16 bits per heavy atom. The number of fused-ring (bicyclic) bond motifs is 1. The lowest BCUT2D eigenvalue weighted by Crippen LogP contribution is -2.12. The second kappa shape index (κ2) is 6.46. The van der Waals surface area contributed by atoms with Gasteiger partial charge in [0, 0.05) is 30.8 Å². The molecule has 0 aliphatic heterocycles. The first-order chi connectivity index (χ1) is 11.8. The molecule has 1 atom stereocenters. The lowest BCUT2D eigenvalue weighted by Gasteiger charge is -2.17. The van der Waals surface area contributed by atoms with E-state index in [-0.39, 0.29) is 12.0 Å². The fourth-order valence-corrected chi connectivity index (χ4v) is 3.33. The van der Waals surface area contributed by atoms with Gasteiger partial charge in [-0.25, -0.2) is 9.97 Å². The van der Waals surface area contributed by atoms with E-state index in [2.05, 4.69) is 62.0 Å². The summed E-state index contributed by atoms with van der Waals surface area (Å²) in [6.07, 6.45) is 1.82. The van der Waals surface area contributed by atoms with Gasteiger partial charge in [-0.3, -0.25) is 9.36 Å². The Labute approximate surface area is 148 Å². The van der Waals surface area contributed by atoms with Crippen molar-refractivity contribution in [2.45, 2.75) is 60.0 Å². The summed E-state index contributed by atoms with van der Waals surface area (Å²) in [6, 6.07) is 0.0959. The Morgan fingerprint density at radius 3 is 2.48 bits per heavy atom. The molecule has 25 heavy (non-hydrogen) atoms. The van der Waals surface area contributed by atoms with Crippen LogP contribution in [-0.4, -0.2) is 29.5 Å². The Bertz CT molecular complexity index is 904. The van der Waals surface area contributed by atoms with E-state index in [1.54, 1.807) is 4.68 Å². The van der Waals surface area contributed by atoms with E-state index in [0.29, 0.717) is 0 Å². The average Bonchev–Trinajstić information content (AvgIpc) is 3.07. The monoisotopic (exact) mass is 341 g/mol. The zero-order chi connectivity index (χ0) is 18.3. The van der Waals surface area contributed by atoms with Crippen molar-refractivity contribution in [3.63, 3.8) is 0 Å². The van der Waals surface area contributed by atoms with Crippen molar-refractivity contribution >= 4 is 16.9 Å². The third kappa shape index (κ3) is 2.99. The number of anilines is 1. The van der Waals surface area contributed by atoms with E-state index in [4.69, 9.17) is 4.98 Å². The molecule has 1 N–H and O–H groups in total. The molecule has 0 saturated heterocycles. The van der Waals surface area contributed by atoms with Gasteiger partial charge >= 0.3 is 0 Å². The summed E-state index contributed by atoms with van der Waals surface area (Å²) in [5.41, 5.74) is 4.33. The van der Waals surface area contributed by atoms with Crippen molar-refractivity contribution < 1.29 is 0 Å². The minimum absolute atomic E-state index is 0.0959. The molecule has 0 bridgehead atoms. The van der Waals surface area contributed by atoms with Crippen LogP contribution in [0.2, 0.25) is 0 Å². The molecule has 0 amide bonds. The number of aromatic nitrogens is 6. The zero-order valence-corrected chi connectivity index (χ0v) is 16.1. The maximum Gasteiger partial charge on any atom is 0.163 e. The molecule has 3 aromatic rings. The van der Waals surface area contributed by atoms with Crippen molar-refractivity contribution in [2.24, 2.45) is 7.05 Å². The van der Waals surface area contributed by atoms with E-state index in [1.807, 2.05) is 17.9 Å². The predicted octanol–water partition coefficient (Wildman–Crippen LogP) is 3.49. The van der Waals surface area contributed by atoms with Crippen LogP contribution in [0.3, 0.4) is 0 Å². The summed E-state index contributed by atoms with van der Waals surface area (Å²) >= 11 is 0. The normalized spacial score (nSPS) is 13.0. The second-order valence-electron chi connectivity index (χ2n) is 6.86. The average molecular weight is 341 g/mol. The molecule has 0 fully saturated rings. The van der Waals surface area contributed by atoms with E-state index < -0.39 is 0 Å². The van der Waals surface area contributed by atoms with Crippen molar-refractivity contribution in [1.29, 1.82) is 0 Å². The van der Waals surface area contributed by atoms with Crippen LogP contribution < -0.4 is 5.32 Å². The molecular formula is C18H27N7. The number of hydrogen-bond acceptors (Lipinski definition) is 5. The minimum Gasteiger partial charge on any atom is -0.363 e. The molecule has 0 saturated carbocycles. The standard InChI is InChI=1S/C18H27N7/c1-8-25-13(6)15(12(5)23-25)11(4)20-17-14-9-19-24(7)18(14)22-16(21-17)10(2)3/h9-11H,8H2,1-7H3,(H,20,21,22)/t11-/m0/s1. The van der Waals surface area contributed by atoms with Crippen LogP contribution in [0.25, 0.3) is 11.0 Å². The lowest BCUT2D eigenvalue weighted by molar-refractivity contribution is 0.632. The van der Waals surface area contributed by atoms with E-state index in [9.17, 15) is 0 Å². The van der Waals surface area contributed by atoms with Crippen LogP contribution in [0.5, 0.6) is 0 Å². The Kier molecular flexibility index (Phi) is 4.49. The maximum atomic E-state index is 4.76. The quantitative estimate of drug-likeness (QED) is 0.769. The summed E-state index contributed by atoms with van der Waals surface area (Å²) in [6.45, 7) is 13.5. The molecular weight excluding hydrogens is 314 g/mol. The molecule has 7 nitrogen and oxygen atoms in total. The Balaban J connectivity index is 2.04. The first-order valence-corrected chi connectivity index (χ1v) is 8.83. The number of aryl methyl sites for hydroxylation is 3. The van der Waals surface area contributed by atoms with Crippen molar-refractivity contribution in [1.82, 2.24) is 29.5 Å². The SMILES string of the molecule is CCn1nc(C)c([C@H](C)Nc2nc(C(C)C)nc3c2cnn3C)c1C. The number of hydrogen-bond donors (Lipinski definition) is 1. The van der Waals surface area contributed by atoms with E-state index in [0.717, 1.165) is 34.9 Å². The smallest absolute Gasteiger partial charge is 0.163 e. The highest BCUT2D eigenvalue weighted by molar-refractivity contribution is 5.86. The summed E-state index contributed by atoms with van der Waals surface area (Å²) < 4.78 is 3.84. The van der Waals surface area contributed by atoms with Gasteiger partial charge in [0.1, 0.15) is 11.6 Å². The molecule has 134 valence electrons. The van der Waals surface area contributed by atoms with E-state index >= 15 is 0 Å². The summed E-state index contributed by atoms with van der Waals surface area (Å²) in [5, 5.41) is 13.5. The summed E-state index contributed by atoms with van der Waals surface area (Å²) in [4.78, 5) is 9.42. The zero-order valence-electron chi connectivity index (χ0n) is 16.1. The van der Waals surface area contributed by atoms with Crippen LogP contribution >= 0.6 is 0 Å². The highest BCUT2D eigenvalue weighted by atomic mass is 15.3. The van der Waals surface area contributed by atoms with Crippen LogP contribution in [0.1, 0.15) is 62.4 Å². The van der Waals surface area contributed by atoms with Crippen molar-refractivity contribution in [3.05, 3.63) is 29.0 Å². The molecule has 0 radical (unpaired) electrons. The molecule has 7 heteroatoms. The van der Waals surface area contributed by atoms with Crippen LogP contribution in [0, 0.1) is 13.8 Å². The number of nitrogens with one attached hydrogen (secondary N) is 1.